The summed E-state index contributed by atoms with van der Waals surface area (Å²) in [7, 11) is 3.84. The molecule has 5 rings (SSSR count). The van der Waals surface area contributed by atoms with Crippen molar-refractivity contribution < 1.29 is 31.9 Å². The molecule has 2 heterocycles. The number of nitrogens with one attached hydrogen (secondary N) is 3. The molecule has 42 heavy (non-hydrogen) atoms. The fraction of sp³-hybridized carbons (Fsp3) is 0.345. The summed E-state index contributed by atoms with van der Waals surface area (Å²) in [6.45, 7) is 1.14. The molecule has 1 unspecified atom stereocenters. The Bertz CT molecular complexity index is 1480. The Hall–Kier alpha value is -4.39. The number of nitrogens with zero attached hydrogens (tertiary/aromatic N) is 3. The van der Waals surface area contributed by atoms with Crippen LogP contribution in [-0.2, 0) is 11.0 Å². The van der Waals surface area contributed by atoms with E-state index >= 15 is 0 Å². The molecule has 2 fully saturated rings. The van der Waals surface area contributed by atoms with Gasteiger partial charge in [-0.15, -0.1) is 0 Å². The fourth-order valence-corrected chi connectivity index (χ4v) is 4.63. The largest absolute Gasteiger partial charge is 0.454 e. The molecule has 0 spiro atoms. The molecule has 3 N–H and O–H groups in total. The summed E-state index contributed by atoms with van der Waals surface area (Å²) < 4.78 is 61.3. The molecule has 3 amide bonds. The molecule has 222 valence electrons. The highest BCUT2D eigenvalue weighted by Crippen LogP contribution is 2.36. The summed E-state index contributed by atoms with van der Waals surface area (Å²) in [5, 5.41) is 7.55. The van der Waals surface area contributed by atoms with Gasteiger partial charge in [-0.2, -0.15) is 13.2 Å². The third-order valence-electron chi connectivity index (χ3n) is 7.11. The van der Waals surface area contributed by atoms with Gasteiger partial charge < -0.3 is 30.5 Å². The minimum atomic E-state index is -4.61. The summed E-state index contributed by atoms with van der Waals surface area (Å²) in [6.07, 6.45) is -0.719. The highest BCUT2D eigenvalue weighted by Gasteiger charge is 2.33. The van der Waals surface area contributed by atoms with Gasteiger partial charge in [0.25, 0.3) is 0 Å². The van der Waals surface area contributed by atoms with Crippen LogP contribution in [0, 0.1) is 11.7 Å². The van der Waals surface area contributed by atoms with E-state index in [0.717, 1.165) is 37.5 Å². The number of carbonyl (C=O) groups excluding carboxylic acids is 2. The maximum atomic E-state index is 14.8. The van der Waals surface area contributed by atoms with Gasteiger partial charge in [0, 0.05) is 60.4 Å². The Balaban J connectivity index is 1.24. The monoisotopic (exact) mass is 586 g/mol. The van der Waals surface area contributed by atoms with Gasteiger partial charge >= 0.3 is 12.2 Å². The Kier molecular flexibility index (Phi) is 8.21. The molecule has 13 heteroatoms. The molecule has 2 aliphatic rings. The van der Waals surface area contributed by atoms with E-state index in [1.54, 1.807) is 0 Å². The summed E-state index contributed by atoms with van der Waals surface area (Å²) in [4.78, 5) is 32.6. The highest BCUT2D eigenvalue weighted by atomic mass is 19.4. The van der Waals surface area contributed by atoms with Crippen LogP contribution in [0.5, 0.6) is 11.5 Å². The summed E-state index contributed by atoms with van der Waals surface area (Å²) in [5.74, 6) is -0.559. The van der Waals surface area contributed by atoms with Crippen LogP contribution in [0.25, 0.3) is 0 Å². The van der Waals surface area contributed by atoms with Gasteiger partial charge in [0.15, 0.2) is 11.6 Å². The smallest absolute Gasteiger partial charge is 0.416 e. The number of amides is 3. The SMILES string of the molecule is CN(C)C1CCN(c2cc(NC(=O)Nc3ccc(Oc4ccnc(NC(=O)C5CC5)c4)c(F)c3)cc(C(F)(F)F)c2)C1. The molecule has 0 bridgehead atoms. The van der Waals surface area contributed by atoms with E-state index in [0.29, 0.717) is 18.8 Å². The van der Waals surface area contributed by atoms with Crippen LogP contribution in [0.3, 0.4) is 0 Å². The van der Waals surface area contributed by atoms with Gasteiger partial charge in [-0.1, -0.05) is 0 Å². The molecule has 0 radical (unpaired) electrons. The lowest BCUT2D eigenvalue weighted by Crippen LogP contribution is -2.31. The molecule has 1 atom stereocenters. The van der Waals surface area contributed by atoms with Gasteiger partial charge in [0.1, 0.15) is 11.6 Å². The van der Waals surface area contributed by atoms with Gasteiger partial charge in [0.05, 0.1) is 5.56 Å². The number of aromatic nitrogens is 1. The van der Waals surface area contributed by atoms with E-state index in [2.05, 4.69) is 20.9 Å². The first-order valence-electron chi connectivity index (χ1n) is 13.4. The first-order chi connectivity index (χ1) is 19.9. The lowest BCUT2D eigenvalue weighted by Gasteiger charge is -2.23. The van der Waals surface area contributed by atoms with E-state index in [1.165, 1.54) is 36.5 Å². The molecule has 2 aromatic carbocycles. The van der Waals surface area contributed by atoms with Gasteiger partial charge in [-0.3, -0.25) is 4.79 Å². The number of likely N-dealkylation sites (N-methyl/N-ethyl adjacent to an activating group) is 1. The van der Waals surface area contributed by atoms with Crippen molar-refractivity contribution >= 4 is 34.8 Å². The molecular weight excluding hydrogens is 556 g/mol. The van der Waals surface area contributed by atoms with Crippen molar-refractivity contribution in [3.8, 4) is 11.5 Å². The van der Waals surface area contributed by atoms with Crippen LogP contribution in [-0.4, -0.2) is 55.0 Å². The number of halogens is 4. The normalized spacial score (nSPS) is 16.8. The average Bonchev–Trinajstić information content (AvgIpc) is 3.65. The third-order valence-corrected chi connectivity index (χ3v) is 7.11. The fourth-order valence-electron chi connectivity index (χ4n) is 4.63. The number of urea groups is 1. The first-order valence-corrected chi connectivity index (χ1v) is 13.4. The number of ether oxygens (including phenoxy) is 1. The second-order valence-corrected chi connectivity index (χ2v) is 10.6. The lowest BCUT2D eigenvalue weighted by atomic mass is 10.1. The molecule has 1 aromatic heterocycles. The standard InChI is InChI=1S/C29H30F4N6O3/c1-38(2)21-8-10-39(16-21)22-12-18(29(31,32)33)11-20(13-22)36-28(41)35-19-5-6-25(24(30)14-19)42-23-7-9-34-26(15-23)37-27(40)17-3-4-17/h5-7,9,11-15,17,21H,3-4,8,10,16H2,1-2H3,(H,34,37,40)(H2,35,36,41). The zero-order valence-electron chi connectivity index (χ0n) is 23.0. The van der Waals surface area contributed by atoms with E-state index in [9.17, 15) is 27.2 Å². The average molecular weight is 587 g/mol. The van der Waals surface area contributed by atoms with E-state index in [4.69, 9.17) is 4.74 Å². The second-order valence-electron chi connectivity index (χ2n) is 10.6. The van der Waals surface area contributed by atoms with Gasteiger partial charge in [-0.25, -0.2) is 14.2 Å². The third kappa shape index (κ3) is 7.27. The Morgan fingerprint density at radius 3 is 2.40 bits per heavy atom. The summed E-state index contributed by atoms with van der Waals surface area (Å²) in [5.41, 5.74) is -0.524. The minimum Gasteiger partial charge on any atom is -0.454 e. The number of alkyl halides is 3. The number of benzene rings is 2. The zero-order chi connectivity index (χ0) is 30.0. The molecular formula is C29H30F4N6O3. The topological polar surface area (TPSA) is 98.8 Å². The van der Waals surface area contributed by atoms with Crippen molar-refractivity contribution in [1.29, 1.82) is 0 Å². The minimum absolute atomic E-state index is 0.0115. The van der Waals surface area contributed by atoms with Crippen LogP contribution in [0.2, 0.25) is 0 Å². The summed E-state index contributed by atoms with van der Waals surface area (Å²) >= 11 is 0. The molecule has 9 nitrogen and oxygen atoms in total. The molecule has 1 saturated heterocycles. The highest BCUT2D eigenvalue weighted by molar-refractivity contribution is 6.00. The van der Waals surface area contributed by atoms with Crippen molar-refractivity contribution in [2.24, 2.45) is 5.92 Å². The quantitative estimate of drug-likeness (QED) is 0.274. The summed E-state index contributed by atoms with van der Waals surface area (Å²) in [6, 6.07) is 9.45. The molecule has 1 aliphatic heterocycles. The van der Waals surface area contributed by atoms with Gasteiger partial charge in [0.2, 0.25) is 5.91 Å². The predicted molar refractivity (Wildman–Crippen MR) is 150 cm³/mol. The zero-order valence-corrected chi connectivity index (χ0v) is 23.0. The van der Waals surface area contributed by atoms with E-state index in [1.807, 2.05) is 23.9 Å². The van der Waals surface area contributed by atoms with Crippen LogP contribution in [0.4, 0.5) is 45.2 Å². The second kappa shape index (κ2) is 11.8. The van der Waals surface area contributed by atoms with Crippen molar-refractivity contribution in [2.45, 2.75) is 31.5 Å². The number of hydrogen-bond donors (Lipinski definition) is 3. The van der Waals surface area contributed by atoms with Crippen molar-refractivity contribution in [3.05, 3.63) is 66.1 Å². The van der Waals surface area contributed by atoms with Crippen molar-refractivity contribution in [1.82, 2.24) is 9.88 Å². The van der Waals surface area contributed by atoms with Gasteiger partial charge in [-0.05, 0) is 69.8 Å². The predicted octanol–water partition coefficient (Wildman–Crippen LogP) is 6.16. The maximum absolute atomic E-state index is 14.8. The van der Waals surface area contributed by atoms with Crippen LogP contribution in [0.15, 0.2) is 54.7 Å². The number of pyridine rings is 1. The van der Waals surface area contributed by atoms with E-state index < -0.39 is 23.6 Å². The van der Waals surface area contributed by atoms with Crippen LogP contribution < -0.4 is 25.6 Å². The molecule has 3 aromatic rings. The van der Waals surface area contributed by atoms with Crippen LogP contribution >= 0.6 is 0 Å². The first kappa shape index (κ1) is 29.1. The molecule has 1 saturated carbocycles. The lowest BCUT2D eigenvalue weighted by molar-refractivity contribution is -0.137. The Morgan fingerprint density at radius 1 is 0.976 bits per heavy atom. The van der Waals surface area contributed by atoms with Crippen molar-refractivity contribution in [2.75, 3.05) is 48.0 Å². The molecule has 1 aliphatic carbocycles. The number of hydrogen-bond acceptors (Lipinski definition) is 6. The maximum Gasteiger partial charge on any atom is 0.416 e. The number of carbonyl (C=O) groups is 2. The Labute approximate surface area is 239 Å². The van der Waals surface area contributed by atoms with Crippen LogP contribution in [0.1, 0.15) is 24.8 Å². The Morgan fingerprint density at radius 2 is 1.74 bits per heavy atom. The van der Waals surface area contributed by atoms with Crippen molar-refractivity contribution in [3.63, 3.8) is 0 Å². The number of anilines is 4. The van der Waals surface area contributed by atoms with E-state index in [-0.39, 0.29) is 46.6 Å². The number of rotatable bonds is 8.